The van der Waals surface area contributed by atoms with Gasteiger partial charge in [0.05, 0.1) is 0 Å². The van der Waals surface area contributed by atoms with Crippen molar-refractivity contribution in [2.45, 2.75) is 24.2 Å². The second kappa shape index (κ2) is 3.90. The lowest BCUT2D eigenvalue weighted by atomic mass is 10.3. The molecule has 0 nitrogen and oxygen atoms in total. The standard InChI is InChI=1S/C11H14S/c1-3-7-11(8-4-1)12-9-5-2-6-10-12/h1,3-4,7-9H,2,5-6,10H2. The molecule has 0 bridgehead atoms. The first-order valence-corrected chi connectivity index (χ1v) is 6.00. The topological polar surface area (TPSA) is 0 Å². The van der Waals surface area contributed by atoms with Crippen LogP contribution in [0.2, 0.25) is 0 Å². The number of benzene rings is 1. The van der Waals surface area contributed by atoms with Gasteiger partial charge in [0.2, 0.25) is 0 Å². The highest BCUT2D eigenvalue weighted by Gasteiger charge is 2.02. The molecule has 0 fully saturated rings. The molecule has 0 saturated carbocycles. The van der Waals surface area contributed by atoms with Crippen LogP contribution in [-0.2, 0) is 0 Å². The summed E-state index contributed by atoms with van der Waals surface area (Å²) in [5.74, 6) is 1.38. The molecule has 0 spiro atoms. The third kappa shape index (κ3) is 1.78. The smallest absolute Gasteiger partial charge is 0.00136 e. The molecule has 0 saturated heterocycles. The summed E-state index contributed by atoms with van der Waals surface area (Å²) < 4.78 is 0. The van der Waals surface area contributed by atoms with Crippen LogP contribution < -0.4 is 0 Å². The first-order chi connectivity index (χ1) is 5.97. The van der Waals surface area contributed by atoms with Crippen LogP contribution in [0, 0.1) is 0 Å². The van der Waals surface area contributed by atoms with Crippen molar-refractivity contribution in [1.29, 1.82) is 0 Å². The molecule has 64 valence electrons. The van der Waals surface area contributed by atoms with E-state index in [2.05, 4.69) is 35.7 Å². The lowest BCUT2D eigenvalue weighted by molar-refractivity contribution is 0.847. The minimum atomic E-state index is 0.467. The Labute approximate surface area is 76.5 Å². The van der Waals surface area contributed by atoms with E-state index in [1.165, 1.54) is 29.9 Å². The van der Waals surface area contributed by atoms with Gasteiger partial charge in [-0.05, 0) is 37.1 Å². The van der Waals surface area contributed by atoms with Gasteiger partial charge in [0, 0.05) is 4.90 Å². The molecule has 0 aliphatic carbocycles. The quantitative estimate of drug-likeness (QED) is 0.579. The maximum Gasteiger partial charge on any atom is 0.00136 e. The average Bonchev–Trinajstić information content (AvgIpc) is 2.21. The second-order valence-corrected chi connectivity index (χ2v) is 5.18. The minimum absolute atomic E-state index is 0.467. The first-order valence-electron chi connectivity index (χ1n) is 4.55. The van der Waals surface area contributed by atoms with Gasteiger partial charge in [-0.3, -0.25) is 0 Å². The van der Waals surface area contributed by atoms with Crippen LogP contribution >= 0.6 is 10.5 Å². The molecule has 1 heterocycles. The van der Waals surface area contributed by atoms with E-state index >= 15 is 0 Å². The summed E-state index contributed by atoms with van der Waals surface area (Å²) in [4.78, 5) is 1.53. The molecule has 1 heteroatoms. The third-order valence-corrected chi connectivity index (χ3v) is 4.43. The largest absolute Gasteiger partial charge is 0.159 e. The van der Waals surface area contributed by atoms with Crippen molar-refractivity contribution >= 4 is 15.9 Å². The fourth-order valence-corrected chi connectivity index (χ4v) is 3.59. The van der Waals surface area contributed by atoms with Crippen molar-refractivity contribution in [3.63, 3.8) is 0 Å². The zero-order valence-electron chi connectivity index (χ0n) is 7.20. The Morgan fingerprint density at radius 1 is 1.00 bits per heavy atom. The molecular weight excluding hydrogens is 164 g/mol. The van der Waals surface area contributed by atoms with Crippen LogP contribution in [0.4, 0.5) is 0 Å². The molecule has 1 aromatic rings. The zero-order chi connectivity index (χ0) is 8.23. The number of rotatable bonds is 1. The Balaban J connectivity index is 2.24. The minimum Gasteiger partial charge on any atom is -0.159 e. The molecule has 1 aromatic carbocycles. The van der Waals surface area contributed by atoms with Crippen molar-refractivity contribution < 1.29 is 0 Å². The van der Waals surface area contributed by atoms with Gasteiger partial charge in [-0.2, -0.15) is 10.5 Å². The summed E-state index contributed by atoms with van der Waals surface area (Å²) in [6.45, 7) is 0. The molecule has 0 aromatic heterocycles. The van der Waals surface area contributed by atoms with E-state index in [1.807, 2.05) is 0 Å². The van der Waals surface area contributed by atoms with E-state index in [4.69, 9.17) is 0 Å². The van der Waals surface area contributed by atoms with E-state index in [1.54, 1.807) is 0 Å². The van der Waals surface area contributed by atoms with Crippen LogP contribution in [-0.4, -0.2) is 11.1 Å². The molecule has 1 aliphatic rings. The number of hydrogen-bond acceptors (Lipinski definition) is 0. The van der Waals surface area contributed by atoms with E-state index in [0.717, 1.165) is 0 Å². The van der Waals surface area contributed by atoms with Gasteiger partial charge in [-0.1, -0.05) is 23.6 Å². The highest BCUT2D eigenvalue weighted by atomic mass is 32.2. The Morgan fingerprint density at radius 3 is 2.50 bits per heavy atom. The fraction of sp³-hybridized carbons (Fsp3) is 0.364. The summed E-state index contributed by atoms with van der Waals surface area (Å²) in [5, 5.41) is 2.50. The fourth-order valence-electron chi connectivity index (χ4n) is 1.52. The van der Waals surface area contributed by atoms with Gasteiger partial charge in [-0.15, -0.1) is 0 Å². The van der Waals surface area contributed by atoms with Gasteiger partial charge < -0.3 is 0 Å². The predicted molar refractivity (Wildman–Crippen MR) is 57.1 cm³/mol. The predicted octanol–water partition coefficient (Wildman–Crippen LogP) is 3.30. The van der Waals surface area contributed by atoms with E-state index in [0.29, 0.717) is 10.5 Å². The van der Waals surface area contributed by atoms with Crippen molar-refractivity contribution in [1.82, 2.24) is 0 Å². The lowest BCUT2D eigenvalue weighted by Crippen LogP contribution is -1.94. The van der Waals surface area contributed by atoms with E-state index in [9.17, 15) is 0 Å². The van der Waals surface area contributed by atoms with Crippen LogP contribution in [0.5, 0.6) is 0 Å². The third-order valence-electron chi connectivity index (χ3n) is 2.18. The van der Waals surface area contributed by atoms with Crippen LogP contribution in [0.1, 0.15) is 19.3 Å². The Bertz CT molecular complexity index is 274. The summed E-state index contributed by atoms with van der Waals surface area (Å²) in [6, 6.07) is 10.9. The normalized spacial score (nSPS) is 23.2. The van der Waals surface area contributed by atoms with Gasteiger partial charge in [0.25, 0.3) is 0 Å². The SMILES string of the molecule is C1=S(c2ccccc2)CCCC1. The highest BCUT2D eigenvalue weighted by Crippen LogP contribution is 2.30. The summed E-state index contributed by atoms with van der Waals surface area (Å²) >= 11 is 0. The summed E-state index contributed by atoms with van der Waals surface area (Å²) in [7, 11) is 0.467. The Kier molecular flexibility index (Phi) is 2.62. The summed E-state index contributed by atoms with van der Waals surface area (Å²) in [5.41, 5.74) is 0. The van der Waals surface area contributed by atoms with Crippen molar-refractivity contribution in [2.75, 3.05) is 5.75 Å². The molecule has 1 unspecified atom stereocenters. The Morgan fingerprint density at radius 2 is 1.83 bits per heavy atom. The molecule has 12 heavy (non-hydrogen) atoms. The zero-order valence-corrected chi connectivity index (χ0v) is 8.02. The molecular formula is C11H14S. The van der Waals surface area contributed by atoms with Crippen molar-refractivity contribution in [3.05, 3.63) is 30.3 Å². The van der Waals surface area contributed by atoms with Crippen LogP contribution in [0.25, 0.3) is 0 Å². The molecule has 0 amide bonds. The van der Waals surface area contributed by atoms with Crippen LogP contribution in [0.15, 0.2) is 35.2 Å². The van der Waals surface area contributed by atoms with Gasteiger partial charge in [-0.25, -0.2) is 0 Å². The number of hydrogen-bond donors (Lipinski definition) is 0. The highest BCUT2D eigenvalue weighted by molar-refractivity contribution is 8.15. The molecule has 1 aliphatic heterocycles. The average molecular weight is 178 g/mol. The molecule has 0 N–H and O–H groups in total. The molecule has 2 rings (SSSR count). The van der Waals surface area contributed by atoms with Crippen molar-refractivity contribution in [3.8, 4) is 0 Å². The van der Waals surface area contributed by atoms with Gasteiger partial charge in [0.15, 0.2) is 0 Å². The molecule has 0 radical (unpaired) electrons. The maximum absolute atomic E-state index is 2.50. The van der Waals surface area contributed by atoms with Crippen molar-refractivity contribution in [2.24, 2.45) is 0 Å². The van der Waals surface area contributed by atoms with E-state index < -0.39 is 0 Å². The van der Waals surface area contributed by atoms with E-state index in [-0.39, 0.29) is 0 Å². The monoisotopic (exact) mass is 178 g/mol. The maximum atomic E-state index is 2.50. The Hall–Kier alpha value is -0.560. The van der Waals surface area contributed by atoms with Crippen LogP contribution in [0.3, 0.4) is 0 Å². The summed E-state index contributed by atoms with van der Waals surface area (Å²) in [6.07, 6.45) is 4.13. The second-order valence-electron chi connectivity index (χ2n) is 3.11. The van der Waals surface area contributed by atoms with Gasteiger partial charge in [0.1, 0.15) is 0 Å². The first kappa shape index (κ1) is 8.06. The van der Waals surface area contributed by atoms with Gasteiger partial charge >= 0.3 is 0 Å². The lowest BCUT2D eigenvalue weighted by Gasteiger charge is -2.13. The molecule has 1 atom stereocenters.